The highest BCUT2D eigenvalue weighted by Gasteiger charge is 2.35. The Bertz CT molecular complexity index is 1030. The van der Waals surface area contributed by atoms with Gasteiger partial charge in [-0.05, 0) is 43.2 Å². The number of hydrogen-bond donors (Lipinski definition) is 1. The van der Waals surface area contributed by atoms with Gasteiger partial charge in [-0.1, -0.05) is 0 Å². The molecule has 1 N–H and O–H groups in total. The highest BCUT2D eigenvalue weighted by molar-refractivity contribution is 7.89. The average Bonchev–Trinajstić information content (AvgIpc) is 3.52. The normalized spacial score (nSPS) is 14.7. The monoisotopic (exact) mass is 442 g/mol. The molecule has 1 aromatic carbocycles. The number of carbonyl (C=O) groups is 1. The number of amides is 1. The summed E-state index contributed by atoms with van der Waals surface area (Å²) >= 11 is 0. The van der Waals surface area contributed by atoms with Crippen LogP contribution in [-0.2, 0) is 22.6 Å². The molecule has 0 radical (unpaired) electrons. The minimum Gasteiger partial charge on any atom is -0.352 e. The number of benzene rings is 1. The standard InChI is InChI=1S/C19H21F3N4O3S/c1-26(2)30(28,29)14-7-5-13(6-8-14)18(27)23-10-9-17-24-15(12-3-4-12)11-16(25-17)19(20,21)22/h5-8,11-12H,3-4,9-10H2,1-2H3,(H,23,27). The maximum Gasteiger partial charge on any atom is 0.433 e. The zero-order chi connectivity index (χ0) is 22.1. The molecule has 2 aromatic rings. The van der Waals surface area contributed by atoms with Crippen molar-refractivity contribution in [3.8, 4) is 0 Å². The number of halogens is 3. The number of hydrogen-bond acceptors (Lipinski definition) is 5. The van der Waals surface area contributed by atoms with Crippen LogP contribution in [0.1, 0.15) is 46.3 Å². The molecule has 3 rings (SSSR count). The fraction of sp³-hybridized carbons (Fsp3) is 0.421. The van der Waals surface area contributed by atoms with Gasteiger partial charge in [0, 0.05) is 44.2 Å². The molecule has 30 heavy (non-hydrogen) atoms. The molecular weight excluding hydrogens is 421 g/mol. The van der Waals surface area contributed by atoms with Gasteiger partial charge in [-0.15, -0.1) is 0 Å². The Morgan fingerprint density at radius 3 is 2.33 bits per heavy atom. The molecule has 1 aliphatic rings. The summed E-state index contributed by atoms with van der Waals surface area (Å²) in [5, 5.41) is 2.59. The summed E-state index contributed by atoms with van der Waals surface area (Å²) in [6.45, 7) is 0.0436. The van der Waals surface area contributed by atoms with E-state index in [1.165, 1.54) is 38.4 Å². The van der Waals surface area contributed by atoms with E-state index in [4.69, 9.17) is 0 Å². The summed E-state index contributed by atoms with van der Waals surface area (Å²) in [6, 6.07) is 6.38. The lowest BCUT2D eigenvalue weighted by Crippen LogP contribution is -2.27. The molecule has 1 aliphatic carbocycles. The molecule has 1 heterocycles. The van der Waals surface area contributed by atoms with Gasteiger partial charge >= 0.3 is 6.18 Å². The maximum atomic E-state index is 13.1. The molecule has 0 bridgehead atoms. The molecule has 7 nitrogen and oxygen atoms in total. The van der Waals surface area contributed by atoms with Crippen molar-refractivity contribution < 1.29 is 26.4 Å². The Hall–Kier alpha value is -2.53. The van der Waals surface area contributed by atoms with Crippen molar-refractivity contribution >= 4 is 15.9 Å². The molecule has 162 valence electrons. The van der Waals surface area contributed by atoms with Gasteiger partial charge in [0.1, 0.15) is 11.5 Å². The third-order valence-electron chi connectivity index (χ3n) is 4.61. The maximum absolute atomic E-state index is 13.1. The van der Waals surface area contributed by atoms with Crippen LogP contribution in [0.25, 0.3) is 0 Å². The van der Waals surface area contributed by atoms with Crippen LogP contribution >= 0.6 is 0 Å². The van der Waals surface area contributed by atoms with Crippen LogP contribution < -0.4 is 5.32 Å². The minimum absolute atomic E-state index is 0.0273. The molecule has 0 saturated heterocycles. The van der Waals surface area contributed by atoms with Gasteiger partial charge in [-0.2, -0.15) is 13.2 Å². The van der Waals surface area contributed by atoms with Crippen molar-refractivity contribution in [2.45, 2.75) is 36.3 Å². The van der Waals surface area contributed by atoms with Crippen LogP contribution in [0.4, 0.5) is 13.2 Å². The Labute approximate surface area is 172 Å². The third-order valence-corrected chi connectivity index (χ3v) is 6.44. The van der Waals surface area contributed by atoms with Crippen molar-refractivity contribution in [2.75, 3.05) is 20.6 Å². The third kappa shape index (κ3) is 5.14. The fourth-order valence-electron chi connectivity index (χ4n) is 2.74. The van der Waals surface area contributed by atoms with E-state index in [1.807, 2.05) is 0 Å². The second-order valence-corrected chi connectivity index (χ2v) is 9.34. The predicted molar refractivity (Wildman–Crippen MR) is 102 cm³/mol. The van der Waals surface area contributed by atoms with Crippen LogP contribution in [0, 0.1) is 0 Å². The lowest BCUT2D eigenvalue weighted by Gasteiger charge is -2.12. The summed E-state index contributed by atoms with van der Waals surface area (Å²) < 4.78 is 64.4. The lowest BCUT2D eigenvalue weighted by molar-refractivity contribution is -0.141. The molecule has 1 fully saturated rings. The SMILES string of the molecule is CN(C)S(=O)(=O)c1ccc(C(=O)NCCc2nc(C3CC3)cc(C(F)(F)F)n2)cc1. The number of rotatable bonds is 7. The van der Waals surface area contributed by atoms with Gasteiger partial charge in [0.05, 0.1) is 4.90 Å². The highest BCUT2D eigenvalue weighted by Crippen LogP contribution is 2.40. The first kappa shape index (κ1) is 22.2. The molecule has 0 atom stereocenters. The average molecular weight is 442 g/mol. The largest absolute Gasteiger partial charge is 0.433 e. The van der Waals surface area contributed by atoms with Crippen LogP contribution in [-0.4, -0.2) is 49.2 Å². The summed E-state index contributed by atoms with van der Waals surface area (Å²) in [5.41, 5.74) is -0.355. The summed E-state index contributed by atoms with van der Waals surface area (Å²) in [6.07, 6.45) is -2.89. The Kier molecular flexibility index (Phi) is 6.14. The molecule has 0 spiro atoms. The number of carbonyl (C=O) groups excluding carboxylic acids is 1. The minimum atomic E-state index is -4.56. The lowest BCUT2D eigenvalue weighted by atomic mass is 10.2. The predicted octanol–water partition coefficient (Wildman–Crippen LogP) is 2.60. The van der Waals surface area contributed by atoms with Crippen molar-refractivity contribution in [1.82, 2.24) is 19.6 Å². The van der Waals surface area contributed by atoms with Crippen molar-refractivity contribution in [3.05, 3.63) is 53.1 Å². The molecule has 1 saturated carbocycles. The van der Waals surface area contributed by atoms with Crippen LogP contribution in [0.15, 0.2) is 35.2 Å². The van der Waals surface area contributed by atoms with E-state index in [2.05, 4.69) is 15.3 Å². The molecular formula is C19H21F3N4O3S. The van der Waals surface area contributed by atoms with E-state index in [1.54, 1.807) is 0 Å². The zero-order valence-electron chi connectivity index (χ0n) is 16.4. The van der Waals surface area contributed by atoms with E-state index in [0.717, 1.165) is 23.2 Å². The van der Waals surface area contributed by atoms with Gasteiger partial charge < -0.3 is 5.32 Å². The molecule has 11 heteroatoms. The number of sulfonamides is 1. The van der Waals surface area contributed by atoms with Gasteiger partial charge in [0.25, 0.3) is 5.91 Å². The number of nitrogens with zero attached hydrogens (tertiary/aromatic N) is 3. The topological polar surface area (TPSA) is 92.3 Å². The zero-order valence-corrected chi connectivity index (χ0v) is 17.2. The Morgan fingerprint density at radius 1 is 1.17 bits per heavy atom. The van der Waals surface area contributed by atoms with Gasteiger partial charge in [0.2, 0.25) is 10.0 Å². The number of alkyl halides is 3. The molecule has 0 unspecified atom stereocenters. The molecule has 1 amide bonds. The first-order chi connectivity index (χ1) is 14.0. The Morgan fingerprint density at radius 2 is 1.80 bits per heavy atom. The van der Waals surface area contributed by atoms with Gasteiger partial charge in [0.15, 0.2) is 0 Å². The summed E-state index contributed by atoms with van der Waals surface area (Å²) in [7, 11) is -0.795. The Balaban J connectivity index is 1.64. The first-order valence-electron chi connectivity index (χ1n) is 9.24. The number of nitrogens with one attached hydrogen (secondary N) is 1. The summed E-state index contributed by atoms with van der Waals surface area (Å²) in [5.74, 6) is -0.406. The first-order valence-corrected chi connectivity index (χ1v) is 10.7. The van der Waals surface area contributed by atoms with Crippen LogP contribution in [0.5, 0.6) is 0 Å². The van der Waals surface area contributed by atoms with E-state index >= 15 is 0 Å². The second-order valence-electron chi connectivity index (χ2n) is 7.18. The van der Waals surface area contributed by atoms with Gasteiger partial charge in [-0.25, -0.2) is 22.7 Å². The van der Waals surface area contributed by atoms with Crippen LogP contribution in [0.3, 0.4) is 0 Å². The van der Waals surface area contributed by atoms with E-state index in [0.29, 0.717) is 5.69 Å². The van der Waals surface area contributed by atoms with Crippen LogP contribution in [0.2, 0.25) is 0 Å². The van der Waals surface area contributed by atoms with Gasteiger partial charge in [-0.3, -0.25) is 4.79 Å². The van der Waals surface area contributed by atoms with Crippen molar-refractivity contribution in [3.63, 3.8) is 0 Å². The number of aromatic nitrogens is 2. The van der Waals surface area contributed by atoms with Crippen molar-refractivity contribution in [2.24, 2.45) is 0 Å². The fourth-order valence-corrected chi connectivity index (χ4v) is 3.64. The van der Waals surface area contributed by atoms with Crippen molar-refractivity contribution in [1.29, 1.82) is 0 Å². The van der Waals surface area contributed by atoms with E-state index in [9.17, 15) is 26.4 Å². The quantitative estimate of drug-likeness (QED) is 0.712. The molecule has 0 aliphatic heterocycles. The highest BCUT2D eigenvalue weighted by atomic mass is 32.2. The molecule has 1 aromatic heterocycles. The van der Waals surface area contributed by atoms with E-state index < -0.39 is 27.8 Å². The smallest absolute Gasteiger partial charge is 0.352 e. The second kappa shape index (κ2) is 8.31. The van der Waals surface area contributed by atoms with E-state index in [-0.39, 0.29) is 35.2 Å². The summed E-state index contributed by atoms with van der Waals surface area (Å²) in [4.78, 5) is 20.1.